The van der Waals surface area contributed by atoms with E-state index in [9.17, 15) is 4.79 Å². The van der Waals surface area contributed by atoms with Crippen molar-refractivity contribution in [3.63, 3.8) is 0 Å². The van der Waals surface area contributed by atoms with Crippen LogP contribution in [0.5, 0.6) is 0 Å². The van der Waals surface area contributed by atoms with Crippen LogP contribution in [0.25, 0.3) is 0 Å². The van der Waals surface area contributed by atoms with Crippen molar-refractivity contribution in [3.8, 4) is 0 Å². The van der Waals surface area contributed by atoms with Crippen LogP contribution in [0.4, 0.5) is 0 Å². The average Bonchev–Trinajstić information content (AvgIpc) is 1.68. The summed E-state index contributed by atoms with van der Waals surface area (Å²) in [4.78, 5) is 9.98. The van der Waals surface area contributed by atoms with Crippen LogP contribution in [0.3, 0.4) is 0 Å². The second-order valence-corrected chi connectivity index (χ2v) is 0.887. The summed E-state index contributed by atoms with van der Waals surface area (Å²) in [6, 6.07) is 0. The zero-order chi connectivity index (χ0) is 5.70. The molecule has 0 aromatic carbocycles. The number of esters is 1. The van der Waals surface area contributed by atoms with E-state index < -0.39 is 5.97 Å². The second-order valence-electron chi connectivity index (χ2n) is 0.887. The van der Waals surface area contributed by atoms with E-state index >= 15 is 0 Å². The van der Waals surface area contributed by atoms with Crippen LogP contribution in [0.15, 0.2) is 0 Å². The van der Waals surface area contributed by atoms with Crippen molar-refractivity contribution < 1.29 is 9.53 Å². The second kappa shape index (κ2) is 3.68. The van der Waals surface area contributed by atoms with Crippen LogP contribution in [0, 0.1) is 0 Å². The van der Waals surface area contributed by atoms with Gasteiger partial charge in [-0.2, -0.15) is 0 Å². The molecule has 0 amide bonds. The van der Waals surface area contributed by atoms with Crippen LogP contribution in [-0.4, -0.2) is 26.9 Å². The van der Waals surface area contributed by atoms with Gasteiger partial charge in [-0.25, -0.2) is 0 Å². The van der Waals surface area contributed by atoms with Gasteiger partial charge in [0.2, 0.25) is 0 Å². The fourth-order valence-corrected chi connectivity index (χ4v) is 0.152. The zero-order valence-corrected chi connectivity index (χ0v) is 3.89. The Morgan fingerprint density at radius 2 is 2.43 bits per heavy atom. The lowest BCUT2D eigenvalue weighted by atomic mass is 10.2. The van der Waals surface area contributed by atoms with Gasteiger partial charge in [0.15, 0.2) is 0 Å². The predicted octanol–water partition coefficient (Wildman–Crippen LogP) is -1.39. The normalized spacial score (nSPS) is 8.14. The Labute approximate surface area is 43.2 Å². The molecule has 38 valence electrons. The molecular formula is C3H6BNO2. The lowest BCUT2D eigenvalue weighted by Crippen LogP contribution is -2.17. The molecule has 0 heterocycles. The number of carbonyl (C=O) groups is 1. The SMILES string of the molecule is [B]COC(=O)CN. The number of hydrogen-bond donors (Lipinski definition) is 1. The van der Waals surface area contributed by atoms with E-state index in [1.807, 2.05) is 0 Å². The van der Waals surface area contributed by atoms with Gasteiger partial charge in [0.05, 0.1) is 6.54 Å². The first-order chi connectivity index (χ1) is 3.31. The minimum absolute atomic E-state index is 0.0873. The molecule has 7 heavy (non-hydrogen) atoms. The Balaban J connectivity index is 3.00. The summed E-state index contributed by atoms with van der Waals surface area (Å²) in [5, 5.41) is 0. The maximum absolute atomic E-state index is 9.98. The zero-order valence-electron chi connectivity index (χ0n) is 3.89. The topological polar surface area (TPSA) is 52.3 Å². The third kappa shape index (κ3) is 3.32. The molecule has 0 unspecified atom stereocenters. The van der Waals surface area contributed by atoms with E-state index in [0.717, 1.165) is 0 Å². The summed E-state index contributed by atoms with van der Waals surface area (Å²) >= 11 is 0. The standard InChI is InChI=1S/C3H6BNO2/c4-2-7-3(6)1-5/h1-2,5H2. The molecule has 0 saturated heterocycles. The van der Waals surface area contributed by atoms with Gasteiger partial charge in [-0.3, -0.25) is 4.79 Å². The molecule has 0 rings (SSSR count). The molecule has 4 heteroatoms. The van der Waals surface area contributed by atoms with E-state index in [1.54, 1.807) is 0 Å². The highest BCUT2D eigenvalue weighted by atomic mass is 16.5. The fourth-order valence-electron chi connectivity index (χ4n) is 0.152. The maximum atomic E-state index is 9.98. The molecule has 0 aliphatic heterocycles. The van der Waals surface area contributed by atoms with Crippen molar-refractivity contribution in [3.05, 3.63) is 0 Å². The summed E-state index contributed by atoms with van der Waals surface area (Å²) in [6.45, 7) is -0.187. The Morgan fingerprint density at radius 1 is 1.86 bits per heavy atom. The van der Waals surface area contributed by atoms with Crippen molar-refractivity contribution in [2.75, 3.05) is 13.1 Å². The van der Waals surface area contributed by atoms with Gasteiger partial charge in [0.1, 0.15) is 7.85 Å². The number of hydrogen-bond acceptors (Lipinski definition) is 3. The molecule has 0 fully saturated rings. The van der Waals surface area contributed by atoms with E-state index in [2.05, 4.69) is 4.74 Å². The summed E-state index contributed by atoms with van der Waals surface area (Å²) in [7, 11) is 4.81. The number of ether oxygens (including phenoxy) is 1. The van der Waals surface area contributed by atoms with Gasteiger partial charge in [0.25, 0.3) is 0 Å². The molecule has 0 aromatic heterocycles. The van der Waals surface area contributed by atoms with Crippen molar-refractivity contribution in [2.45, 2.75) is 0 Å². The smallest absolute Gasteiger partial charge is 0.318 e. The maximum Gasteiger partial charge on any atom is 0.318 e. The molecule has 0 aliphatic carbocycles. The van der Waals surface area contributed by atoms with Crippen LogP contribution >= 0.6 is 0 Å². The third-order valence-electron chi connectivity index (χ3n) is 0.411. The highest BCUT2D eigenvalue weighted by Gasteiger charge is 1.91. The quantitative estimate of drug-likeness (QED) is 0.342. The first kappa shape index (κ1) is 6.49. The minimum Gasteiger partial charge on any atom is -0.475 e. The molecule has 0 saturated carbocycles. The van der Waals surface area contributed by atoms with Gasteiger partial charge in [-0.15, -0.1) is 0 Å². The van der Waals surface area contributed by atoms with E-state index in [1.165, 1.54) is 0 Å². The van der Waals surface area contributed by atoms with Crippen molar-refractivity contribution in [2.24, 2.45) is 5.73 Å². The molecule has 0 aliphatic rings. The molecular weight excluding hydrogens is 92.8 g/mol. The van der Waals surface area contributed by atoms with Crippen LogP contribution in [0.1, 0.15) is 0 Å². The highest BCUT2D eigenvalue weighted by molar-refractivity contribution is 6.08. The van der Waals surface area contributed by atoms with E-state index in [0.29, 0.717) is 0 Å². The molecule has 0 bridgehead atoms. The van der Waals surface area contributed by atoms with Crippen molar-refractivity contribution in [1.82, 2.24) is 0 Å². The van der Waals surface area contributed by atoms with Crippen molar-refractivity contribution in [1.29, 1.82) is 0 Å². The molecule has 3 nitrogen and oxygen atoms in total. The summed E-state index contributed by atoms with van der Waals surface area (Å²) in [5.41, 5.74) is 4.83. The lowest BCUT2D eigenvalue weighted by Gasteiger charge is -1.94. The van der Waals surface area contributed by atoms with Gasteiger partial charge in [-0.05, 0) is 0 Å². The fraction of sp³-hybridized carbons (Fsp3) is 0.667. The van der Waals surface area contributed by atoms with E-state index in [4.69, 9.17) is 13.6 Å². The number of carbonyl (C=O) groups excluding carboxylic acids is 1. The first-order valence-electron chi connectivity index (χ1n) is 1.87. The van der Waals surface area contributed by atoms with Crippen LogP contribution in [-0.2, 0) is 9.53 Å². The summed E-state index contributed by atoms with van der Waals surface area (Å²) in [5.74, 6) is -0.470. The van der Waals surface area contributed by atoms with Gasteiger partial charge in [-0.1, -0.05) is 0 Å². The van der Waals surface area contributed by atoms with Crippen molar-refractivity contribution >= 4 is 13.8 Å². The van der Waals surface area contributed by atoms with Gasteiger partial charge in [0, 0.05) is 6.51 Å². The molecule has 0 atom stereocenters. The average molecular weight is 98.9 g/mol. The summed E-state index contributed by atoms with van der Waals surface area (Å²) in [6.07, 6.45) is 0. The minimum atomic E-state index is -0.470. The van der Waals surface area contributed by atoms with Crippen LogP contribution < -0.4 is 5.73 Å². The van der Waals surface area contributed by atoms with Gasteiger partial charge < -0.3 is 10.5 Å². The molecule has 0 aromatic rings. The third-order valence-corrected chi connectivity index (χ3v) is 0.411. The van der Waals surface area contributed by atoms with Gasteiger partial charge >= 0.3 is 5.97 Å². The Kier molecular flexibility index (Phi) is 3.41. The number of rotatable bonds is 2. The Morgan fingerprint density at radius 3 is 2.57 bits per heavy atom. The predicted molar refractivity (Wildman–Crippen MR) is 25.8 cm³/mol. The summed E-state index contributed by atoms with van der Waals surface area (Å²) < 4.78 is 4.20. The van der Waals surface area contributed by atoms with E-state index in [-0.39, 0.29) is 13.1 Å². The monoisotopic (exact) mass is 99.0 g/mol. The largest absolute Gasteiger partial charge is 0.475 e. The number of nitrogens with two attached hydrogens (primary N) is 1. The Bertz CT molecular complexity index is 66.0. The molecule has 0 spiro atoms. The van der Waals surface area contributed by atoms with Crippen LogP contribution in [0.2, 0.25) is 0 Å². The lowest BCUT2D eigenvalue weighted by molar-refractivity contribution is -0.139. The molecule has 2 radical (unpaired) electrons. The molecule has 2 N–H and O–H groups in total. The highest BCUT2D eigenvalue weighted by Crippen LogP contribution is 1.67. The Hall–Kier alpha value is -0.505. The first-order valence-corrected chi connectivity index (χ1v) is 1.87.